The van der Waals surface area contributed by atoms with Gasteiger partial charge in [-0.25, -0.2) is 0 Å². The first-order chi connectivity index (χ1) is 9.97. The Morgan fingerprint density at radius 3 is 2.57 bits per heavy atom. The van der Waals surface area contributed by atoms with Crippen LogP contribution in [0.15, 0.2) is 28.7 Å². The highest BCUT2D eigenvalue weighted by atomic mass is 79.9. The van der Waals surface area contributed by atoms with Gasteiger partial charge in [-0.15, -0.1) is 0 Å². The lowest BCUT2D eigenvalue weighted by molar-refractivity contribution is -0.136. The molecule has 1 aromatic carbocycles. The molecule has 0 aliphatic heterocycles. The third kappa shape index (κ3) is 2.75. The molecule has 0 bridgehead atoms. The van der Waals surface area contributed by atoms with Gasteiger partial charge in [0.05, 0.1) is 11.6 Å². The molecule has 0 radical (unpaired) electrons. The summed E-state index contributed by atoms with van der Waals surface area (Å²) in [6.45, 7) is 3.76. The number of esters is 1. The van der Waals surface area contributed by atoms with Crippen LogP contribution < -0.4 is 4.74 Å². The van der Waals surface area contributed by atoms with Crippen molar-refractivity contribution in [2.75, 3.05) is 0 Å². The normalized spacial score (nSPS) is 20.4. The van der Waals surface area contributed by atoms with Gasteiger partial charge in [0.1, 0.15) is 5.69 Å². The molecule has 3 rings (SSSR count). The first-order valence-corrected chi connectivity index (χ1v) is 7.74. The van der Waals surface area contributed by atoms with E-state index >= 15 is 0 Å². The van der Waals surface area contributed by atoms with Crippen LogP contribution in [0.1, 0.15) is 29.3 Å². The zero-order valence-corrected chi connectivity index (χ0v) is 13.8. The summed E-state index contributed by atoms with van der Waals surface area (Å²) in [5.74, 6) is 0.694. The quantitative estimate of drug-likeness (QED) is 0.797. The standard InChI is InChI=1S/C16H17BrN2O2/c1-9-15(10(2)19(3)18-9)21-16(20)14-8-13(14)11-4-6-12(17)7-5-11/h4-7,13-14H,8H2,1-3H3/t13-,14+/m0/s1. The van der Waals surface area contributed by atoms with Crippen molar-refractivity contribution in [2.45, 2.75) is 26.2 Å². The predicted molar refractivity (Wildman–Crippen MR) is 83.3 cm³/mol. The number of benzene rings is 1. The van der Waals surface area contributed by atoms with Crippen LogP contribution in [0.4, 0.5) is 0 Å². The average Bonchev–Trinajstić information content (AvgIpc) is 3.20. The van der Waals surface area contributed by atoms with Gasteiger partial charge in [0.25, 0.3) is 0 Å². The van der Waals surface area contributed by atoms with Crippen LogP contribution in [0.25, 0.3) is 0 Å². The lowest BCUT2D eigenvalue weighted by Gasteiger charge is -2.05. The van der Waals surface area contributed by atoms with Crippen LogP contribution in [0.2, 0.25) is 0 Å². The van der Waals surface area contributed by atoms with Gasteiger partial charge in [0, 0.05) is 11.5 Å². The second kappa shape index (κ2) is 5.30. The van der Waals surface area contributed by atoms with Crippen LogP contribution in [0.3, 0.4) is 0 Å². The molecule has 2 atom stereocenters. The van der Waals surface area contributed by atoms with Crippen molar-refractivity contribution in [1.82, 2.24) is 9.78 Å². The summed E-state index contributed by atoms with van der Waals surface area (Å²) in [6.07, 6.45) is 0.860. The maximum absolute atomic E-state index is 12.3. The van der Waals surface area contributed by atoms with Crippen LogP contribution in [-0.2, 0) is 11.8 Å². The molecule has 1 heterocycles. The number of rotatable bonds is 3. The number of aryl methyl sites for hydroxylation is 2. The molecule has 5 heteroatoms. The number of hydrogen-bond donors (Lipinski definition) is 0. The minimum absolute atomic E-state index is 0.0369. The van der Waals surface area contributed by atoms with Gasteiger partial charge in [0.2, 0.25) is 0 Å². The Kier molecular flexibility index (Phi) is 3.61. The van der Waals surface area contributed by atoms with Gasteiger partial charge in [-0.2, -0.15) is 5.10 Å². The van der Waals surface area contributed by atoms with E-state index in [1.54, 1.807) is 4.68 Å². The van der Waals surface area contributed by atoms with E-state index < -0.39 is 0 Å². The minimum Gasteiger partial charge on any atom is -0.422 e. The smallest absolute Gasteiger partial charge is 0.315 e. The summed E-state index contributed by atoms with van der Waals surface area (Å²) in [5, 5.41) is 4.26. The summed E-state index contributed by atoms with van der Waals surface area (Å²) in [5.41, 5.74) is 2.82. The number of carbonyl (C=O) groups excluding carboxylic acids is 1. The molecule has 21 heavy (non-hydrogen) atoms. The molecule has 0 N–H and O–H groups in total. The van der Waals surface area contributed by atoms with Gasteiger partial charge in [0.15, 0.2) is 5.75 Å². The molecule has 2 aromatic rings. The van der Waals surface area contributed by atoms with Crippen molar-refractivity contribution in [3.63, 3.8) is 0 Å². The highest BCUT2D eigenvalue weighted by molar-refractivity contribution is 9.10. The van der Waals surface area contributed by atoms with E-state index in [9.17, 15) is 4.79 Å². The fraction of sp³-hybridized carbons (Fsp3) is 0.375. The van der Waals surface area contributed by atoms with E-state index in [0.717, 1.165) is 22.3 Å². The maximum atomic E-state index is 12.3. The molecule has 0 unspecified atom stereocenters. The topological polar surface area (TPSA) is 44.1 Å². The summed E-state index contributed by atoms with van der Waals surface area (Å²) in [6, 6.07) is 8.13. The molecular weight excluding hydrogens is 332 g/mol. The Balaban J connectivity index is 1.69. The van der Waals surface area contributed by atoms with Gasteiger partial charge < -0.3 is 4.74 Å². The third-order valence-corrected chi connectivity index (χ3v) is 4.57. The Bertz CT molecular complexity index is 691. The lowest BCUT2D eigenvalue weighted by atomic mass is 10.1. The largest absolute Gasteiger partial charge is 0.422 e. The maximum Gasteiger partial charge on any atom is 0.315 e. The summed E-state index contributed by atoms with van der Waals surface area (Å²) in [7, 11) is 1.85. The van der Waals surface area contributed by atoms with E-state index in [1.165, 1.54) is 5.56 Å². The van der Waals surface area contributed by atoms with Crippen LogP contribution in [0.5, 0.6) is 5.75 Å². The van der Waals surface area contributed by atoms with Gasteiger partial charge >= 0.3 is 5.97 Å². The van der Waals surface area contributed by atoms with Crippen LogP contribution in [0, 0.1) is 19.8 Å². The Labute approximate surface area is 132 Å². The van der Waals surface area contributed by atoms with E-state index in [-0.39, 0.29) is 17.8 Å². The molecule has 1 aliphatic rings. The number of aromatic nitrogens is 2. The van der Waals surface area contributed by atoms with E-state index in [1.807, 2.05) is 33.0 Å². The first kappa shape index (κ1) is 14.3. The number of hydrogen-bond acceptors (Lipinski definition) is 3. The number of nitrogens with zero attached hydrogens (tertiary/aromatic N) is 2. The molecule has 1 fully saturated rings. The fourth-order valence-corrected chi connectivity index (χ4v) is 2.88. The Morgan fingerprint density at radius 1 is 1.33 bits per heavy atom. The third-order valence-electron chi connectivity index (χ3n) is 4.04. The second-order valence-electron chi connectivity index (χ2n) is 5.54. The summed E-state index contributed by atoms with van der Waals surface area (Å²) < 4.78 is 8.35. The predicted octanol–water partition coefficient (Wildman–Crippen LogP) is 3.51. The minimum atomic E-state index is -0.151. The van der Waals surface area contributed by atoms with Crippen molar-refractivity contribution in [3.8, 4) is 5.75 Å². The van der Waals surface area contributed by atoms with Gasteiger partial charge in [-0.1, -0.05) is 28.1 Å². The Morgan fingerprint density at radius 2 is 2.00 bits per heavy atom. The lowest BCUT2D eigenvalue weighted by Crippen LogP contribution is -2.12. The van der Waals surface area contributed by atoms with Crippen molar-refractivity contribution >= 4 is 21.9 Å². The molecular formula is C16H17BrN2O2. The molecule has 0 amide bonds. The van der Waals surface area contributed by atoms with E-state index in [0.29, 0.717) is 5.75 Å². The zero-order valence-electron chi connectivity index (χ0n) is 12.3. The molecule has 4 nitrogen and oxygen atoms in total. The zero-order chi connectivity index (χ0) is 15.1. The number of halogens is 1. The van der Waals surface area contributed by atoms with E-state index in [4.69, 9.17) is 4.74 Å². The monoisotopic (exact) mass is 348 g/mol. The second-order valence-corrected chi connectivity index (χ2v) is 6.46. The van der Waals surface area contributed by atoms with Crippen molar-refractivity contribution in [3.05, 3.63) is 45.7 Å². The van der Waals surface area contributed by atoms with E-state index in [2.05, 4.69) is 33.2 Å². The van der Waals surface area contributed by atoms with Crippen molar-refractivity contribution < 1.29 is 9.53 Å². The molecule has 1 aromatic heterocycles. The molecule has 1 aliphatic carbocycles. The molecule has 110 valence electrons. The highest BCUT2D eigenvalue weighted by Crippen LogP contribution is 2.48. The van der Waals surface area contributed by atoms with Crippen molar-refractivity contribution in [2.24, 2.45) is 13.0 Å². The SMILES string of the molecule is Cc1nn(C)c(C)c1OC(=O)[C@@H]1C[C@H]1c1ccc(Br)cc1. The number of carbonyl (C=O) groups is 1. The molecule has 0 spiro atoms. The molecule has 0 saturated heterocycles. The number of ether oxygens (including phenoxy) is 1. The first-order valence-electron chi connectivity index (χ1n) is 6.94. The van der Waals surface area contributed by atoms with Gasteiger partial charge in [-0.3, -0.25) is 9.48 Å². The van der Waals surface area contributed by atoms with Crippen LogP contribution >= 0.6 is 15.9 Å². The van der Waals surface area contributed by atoms with Crippen molar-refractivity contribution in [1.29, 1.82) is 0 Å². The fourth-order valence-electron chi connectivity index (χ4n) is 2.61. The van der Waals surface area contributed by atoms with Crippen LogP contribution in [-0.4, -0.2) is 15.7 Å². The summed E-state index contributed by atoms with van der Waals surface area (Å²) >= 11 is 3.42. The average molecular weight is 349 g/mol. The molecule has 1 saturated carbocycles. The highest BCUT2D eigenvalue weighted by Gasteiger charge is 2.45. The summed E-state index contributed by atoms with van der Waals surface area (Å²) in [4.78, 5) is 12.3. The Hall–Kier alpha value is -1.62. The van der Waals surface area contributed by atoms with Gasteiger partial charge in [-0.05, 0) is 43.9 Å².